The van der Waals surface area contributed by atoms with Gasteiger partial charge >= 0.3 is 0 Å². The van der Waals surface area contributed by atoms with Gasteiger partial charge in [0.15, 0.2) is 0 Å². The monoisotopic (exact) mass is 390 g/mol. The molecule has 0 bridgehead atoms. The Hall–Kier alpha value is -1.46. The summed E-state index contributed by atoms with van der Waals surface area (Å²) in [6.45, 7) is 6.82. The quantitative estimate of drug-likeness (QED) is 0.838. The molecule has 0 aromatic heterocycles. The van der Waals surface area contributed by atoms with E-state index in [1.807, 2.05) is 24.3 Å². The van der Waals surface area contributed by atoms with Gasteiger partial charge in [-0.1, -0.05) is 35.3 Å². The molecule has 2 aliphatic rings. The van der Waals surface area contributed by atoms with Crippen molar-refractivity contribution >= 4 is 34.6 Å². The number of benzene rings is 2. The normalized spacial score (nSPS) is 21.1. The van der Waals surface area contributed by atoms with E-state index in [2.05, 4.69) is 38.6 Å². The third kappa shape index (κ3) is 3.79. The fourth-order valence-electron chi connectivity index (χ4n) is 3.85. The molecule has 138 valence electrons. The van der Waals surface area contributed by atoms with Crippen LogP contribution in [0.4, 0.5) is 11.4 Å². The van der Waals surface area contributed by atoms with Crippen molar-refractivity contribution < 1.29 is 0 Å². The van der Waals surface area contributed by atoms with E-state index in [1.54, 1.807) is 0 Å². The summed E-state index contributed by atoms with van der Waals surface area (Å²) < 4.78 is 0. The molecule has 2 N–H and O–H groups in total. The lowest BCUT2D eigenvalue weighted by Crippen LogP contribution is -2.46. The second kappa shape index (κ2) is 8.05. The molecule has 0 aliphatic carbocycles. The van der Waals surface area contributed by atoms with E-state index in [-0.39, 0.29) is 6.04 Å². The third-order valence-electron chi connectivity index (χ3n) is 5.20. The fraction of sp³-hybridized carbons (Fsp3) is 0.400. The Kier molecular flexibility index (Phi) is 5.55. The molecule has 1 unspecified atom stereocenters. The summed E-state index contributed by atoms with van der Waals surface area (Å²) in [6.07, 6.45) is 0. The summed E-state index contributed by atoms with van der Waals surface area (Å²) in [5.74, 6) is 0. The number of hydrogen-bond acceptors (Lipinski definition) is 4. The molecule has 2 aromatic carbocycles. The van der Waals surface area contributed by atoms with Gasteiger partial charge < -0.3 is 20.4 Å². The van der Waals surface area contributed by atoms with Crippen LogP contribution in [0, 0.1) is 0 Å². The predicted octanol–water partition coefficient (Wildman–Crippen LogP) is 3.55. The molecule has 4 rings (SSSR count). The van der Waals surface area contributed by atoms with Crippen molar-refractivity contribution in [3.05, 3.63) is 58.1 Å². The van der Waals surface area contributed by atoms with Gasteiger partial charge in [-0.3, -0.25) is 0 Å². The standard InChI is InChI=1S/C20H24Cl2N4/c21-16-2-1-3-17(13-16)26-11-8-24-14-20(26)15-4-5-18(22)19(12-15)25-9-6-23-7-10-25/h1-5,12-13,20,23-24H,6-11,14H2. The van der Waals surface area contributed by atoms with E-state index in [9.17, 15) is 0 Å². The van der Waals surface area contributed by atoms with Crippen LogP contribution in [0.25, 0.3) is 0 Å². The Balaban J connectivity index is 1.66. The highest BCUT2D eigenvalue weighted by Gasteiger charge is 2.25. The van der Waals surface area contributed by atoms with E-state index >= 15 is 0 Å². The van der Waals surface area contributed by atoms with Crippen LogP contribution in [0.1, 0.15) is 11.6 Å². The van der Waals surface area contributed by atoms with E-state index in [0.29, 0.717) is 0 Å². The molecule has 2 fully saturated rings. The van der Waals surface area contributed by atoms with E-state index in [4.69, 9.17) is 23.2 Å². The maximum atomic E-state index is 6.53. The summed E-state index contributed by atoms with van der Waals surface area (Å²) in [6, 6.07) is 14.9. The first kappa shape index (κ1) is 17.9. The Morgan fingerprint density at radius 3 is 2.50 bits per heavy atom. The SMILES string of the molecule is Clc1cccc(N2CCNCC2c2ccc(Cl)c(N3CCNCC3)c2)c1. The Morgan fingerprint density at radius 2 is 1.69 bits per heavy atom. The minimum atomic E-state index is 0.265. The van der Waals surface area contributed by atoms with Gasteiger partial charge in [0.2, 0.25) is 0 Å². The first-order valence-electron chi connectivity index (χ1n) is 9.20. The molecule has 1 atom stereocenters. The first-order chi connectivity index (χ1) is 12.7. The van der Waals surface area contributed by atoms with Crippen LogP contribution in [0.2, 0.25) is 10.0 Å². The van der Waals surface area contributed by atoms with Crippen LogP contribution >= 0.6 is 23.2 Å². The number of piperazine rings is 2. The second-order valence-corrected chi connectivity index (χ2v) is 7.68. The van der Waals surface area contributed by atoms with Crippen molar-refractivity contribution in [1.82, 2.24) is 10.6 Å². The lowest BCUT2D eigenvalue weighted by molar-refractivity contribution is 0.490. The van der Waals surface area contributed by atoms with E-state index < -0.39 is 0 Å². The molecular weight excluding hydrogens is 367 g/mol. The third-order valence-corrected chi connectivity index (χ3v) is 5.75. The molecule has 0 radical (unpaired) electrons. The van der Waals surface area contributed by atoms with Crippen molar-refractivity contribution in [3.8, 4) is 0 Å². The summed E-state index contributed by atoms with van der Waals surface area (Å²) >= 11 is 12.8. The Labute approximate surface area is 165 Å². The van der Waals surface area contributed by atoms with Crippen molar-refractivity contribution in [2.45, 2.75) is 6.04 Å². The van der Waals surface area contributed by atoms with Crippen LogP contribution < -0.4 is 20.4 Å². The minimum Gasteiger partial charge on any atom is -0.368 e. The van der Waals surface area contributed by atoms with Crippen LogP contribution in [0.15, 0.2) is 42.5 Å². The molecule has 26 heavy (non-hydrogen) atoms. The highest BCUT2D eigenvalue weighted by Crippen LogP contribution is 2.34. The van der Waals surface area contributed by atoms with Crippen molar-refractivity contribution in [2.24, 2.45) is 0 Å². The molecule has 2 aromatic rings. The van der Waals surface area contributed by atoms with Gasteiger partial charge in [-0.2, -0.15) is 0 Å². The maximum absolute atomic E-state index is 6.53. The molecule has 2 saturated heterocycles. The smallest absolute Gasteiger partial charge is 0.0668 e. The number of anilines is 2. The average molecular weight is 391 g/mol. The molecule has 0 amide bonds. The molecule has 4 nitrogen and oxygen atoms in total. The molecule has 0 spiro atoms. The summed E-state index contributed by atoms with van der Waals surface area (Å²) in [7, 11) is 0. The van der Waals surface area contributed by atoms with Crippen molar-refractivity contribution in [3.63, 3.8) is 0 Å². The van der Waals surface area contributed by atoms with Gasteiger partial charge in [0.05, 0.1) is 16.8 Å². The van der Waals surface area contributed by atoms with Gasteiger partial charge in [0.1, 0.15) is 0 Å². The van der Waals surface area contributed by atoms with Crippen molar-refractivity contribution in [1.29, 1.82) is 0 Å². The highest BCUT2D eigenvalue weighted by molar-refractivity contribution is 6.33. The number of nitrogens with zero attached hydrogens (tertiary/aromatic N) is 2. The Morgan fingerprint density at radius 1 is 0.885 bits per heavy atom. The molecular formula is C20H24Cl2N4. The predicted molar refractivity (Wildman–Crippen MR) is 111 cm³/mol. The van der Waals surface area contributed by atoms with Crippen LogP contribution in [0.3, 0.4) is 0 Å². The lowest BCUT2D eigenvalue weighted by Gasteiger charge is -2.39. The summed E-state index contributed by atoms with van der Waals surface area (Å²) in [4.78, 5) is 4.81. The number of halogens is 2. The number of nitrogens with one attached hydrogen (secondary N) is 2. The molecule has 2 heterocycles. The van der Waals surface area contributed by atoms with E-state index in [1.165, 1.54) is 11.3 Å². The largest absolute Gasteiger partial charge is 0.368 e. The zero-order valence-electron chi connectivity index (χ0n) is 14.7. The van der Waals surface area contributed by atoms with Gasteiger partial charge in [-0.15, -0.1) is 0 Å². The second-order valence-electron chi connectivity index (χ2n) is 6.84. The van der Waals surface area contributed by atoms with Crippen molar-refractivity contribution in [2.75, 3.05) is 55.6 Å². The first-order valence-corrected chi connectivity index (χ1v) is 9.96. The van der Waals surface area contributed by atoms with Gasteiger partial charge in [0, 0.05) is 56.5 Å². The van der Waals surface area contributed by atoms with Gasteiger partial charge in [-0.25, -0.2) is 0 Å². The lowest BCUT2D eigenvalue weighted by atomic mass is 10.0. The summed E-state index contributed by atoms with van der Waals surface area (Å²) in [5.41, 5.74) is 3.60. The Bertz CT molecular complexity index is 761. The van der Waals surface area contributed by atoms with E-state index in [0.717, 1.165) is 61.5 Å². The minimum absolute atomic E-state index is 0.265. The zero-order chi connectivity index (χ0) is 17.9. The van der Waals surface area contributed by atoms with Crippen LogP contribution in [0.5, 0.6) is 0 Å². The summed E-state index contributed by atoms with van der Waals surface area (Å²) in [5, 5.41) is 8.53. The van der Waals surface area contributed by atoms with Gasteiger partial charge in [-0.05, 0) is 35.9 Å². The molecule has 0 saturated carbocycles. The maximum Gasteiger partial charge on any atom is 0.0668 e. The zero-order valence-corrected chi connectivity index (χ0v) is 16.2. The molecule has 6 heteroatoms. The fourth-order valence-corrected chi connectivity index (χ4v) is 4.27. The number of hydrogen-bond donors (Lipinski definition) is 2. The van der Waals surface area contributed by atoms with Crippen LogP contribution in [-0.4, -0.2) is 45.8 Å². The molecule has 2 aliphatic heterocycles. The topological polar surface area (TPSA) is 30.5 Å². The average Bonchev–Trinajstić information content (AvgIpc) is 2.69. The van der Waals surface area contributed by atoms with Crippen LogP contribution in [-0.2, 0) is 0 Å². The highest BCUT2D eigenvalue weighted by atomic mass is 35.5. The van der Waals surface area contributed by atoms with Gasteiger partial charge in [0.25, 0.3) is 0 Å². The number of rotatable bonds is 3.